The average Bonchev–Trinajstić information content (AvgIpc) is 2.79. The molecule has 1 N–H and O–H groups in total. The highest BCUT2D eigenvalue weighted by molar-refractivity contribution is 9.11. The van der Waals surface area contributed by atoms with Crippen molar-refractivity contribution in [3.8, 4) is 45.6 Å². The Morgan fingerprint density at radius 1 is 0.667 bits per heavy atom. The maximum absolute atomic E-state index is 11.5. The molecule has 2 atom stereocenters. The first-order valence-corrected chi connectivity index (χ1v) is 11.9. The van der Waals surface area contributed by atoms with E-state index in [0.717, 1.165) is 26.7 Å². The Hall–Kier alpha value is -1.84. The smallest absolute Gasteiger partial charge is 0.205 e. The fourth-order valence-electron chi connectivity index (χ4n) is 4.47. The van der Waals surface area contributed by atoms with E-state index >= 15 is 0 Å². The van der Waals surface area contributed by atoms with Crippen LogP contribution in [0.15, 0.2) is 8.95 Å². The van der Waals surface area contributed by atoms with Crippen LogP contribution in [0.2, 0.25) is 0 Å². The van der Waals surface area contributed by atoms with Crippen molar-refractivity contribution in [1.29, 1.82) is 0 Å². The van der Waals surface area contributed by atoms with Crippen LogP contribution in [0.25, 0.3) is 11.1 Å². The minimum atomic E-state index is -1.03. The summed E-state index contributed by atoms with van der Waals surface area (Å²) in [5.41, 5.74) is 2.18. The molecule has 182 valence electrons. The van der Waals surface area contributed by atoms with E-state index in [2.05, 4.69) is 31.9 Å². The summed E-state index contributed by atoms with van der Waals surface area (Å²) in [7, 11) is 9.44. The lowest BCUT2D eigenvalue weighted by molar-refractivity contribution is 0.00606. The van der Waals surface area contributed by atoms with Crippen molar-refractivity contribution in [3.05, 3.63) is 20.1 Å². The lowest BCUT2D eigenvalue weighted by atomic mass is 9.75. The molecule has 7 nitrogen and oxygen atoms in total. The van der Waals surface area contributed by atoms with Gasteiger partial charge in [-0.25, -0.2) is 0 Å². The minimum absolute atomic E-state index is 0.102. The fourth-order valence-corrected chi connectivity index (χ4v) is 5.85. The van der Waals surface area contributed by atoms with Crippen LogP contribution in [0.1, 0.15) is 25.0 Å². The monoisotopic (exact) mass is 588 g/mol. The molecule has 2 aromatic carbocycles. The Morgan fingerprint density at radius 3 is 1.42 bits per heavy atom. The van der Waals surface area contributed by atoms with E-state index in [0.29, 0.717) is 51.8 Å². The van der Waals surface area contributed by atoms with E-state index in [9.17, 15) is 5.11 Å². The van der Waals surface area contributed by atoms with Gasteiger partial charge in [-0.15, -0.1) is 0 Å². The quantitative estimate of drug-likeness (QED) is 0.482. The number of rotatable bonds is 6. The second kappa shape index (κ2) is 9.80. The number of aliphatic hydroxyl groups is 1. The van der Waals surface area contributed by atoms with Crippen LogP contribution in [-0.4, -0.2) is 53.4 Å². The van der Waals surface area contributed by atoms with Crippen LogP contribution < -0.4 is 28.4 Å². The number of fused-ring (bicyclic) bond motifs is 3. The van der Waals surface area contributed by atoms with Gasteiger partial charge in [-0.1, -0.05) is 6.92 Å². The predicted molar refractivity (Wildman–Crippen MR) is 134 cm³/mol. The van der Waals surface area contributed by atoms with Gasteiger partial charge in [0, 0.05) is 17.5 Å². The van der Waals surface area contributed by atoms with Crippen LogP contribution in [-0.2, 0) is 12.8 Å². The van der Waals surface area contributed by atoms with Crippen LogP contribution >= 0.6 is 31.9 Å². The first-order valence-electron chi connectivity index (χ1n) is 10.4. The Kier molecular flexibility index (Phi) is 7.65. The zero-order valence-corrected chi connectivity index (χ0v) is 23.3. The van der Waals surface area contributed by atoms with Gasteiger partial charge in [0.1, 0.15) is 0 Å². The highest BCUT2D eigenvalue weighted by Crippen LogP contribution is 2.60. The maximum atomic E-state index is 11.5. The zero-order chi connectivity index (χ0) is 24.7. The normalized spacial score (nSPS) is 19.5. The third kappa shape index (κ3) is 4.02. The summed E-state index contributed by atoms with van der Waals surface area (Å²) < 4.78 is 36.0. The van der Waals surface area contributed by atoms with Gasteiger partial charge in [-0.2, -0.15) is 0 Å². The van der Waals surface area contributed by atoms with E-state index in [4.69, 9.17) is 28.4 Å². The zero-order valence-electron chi connectivity index (χ0n) is 20.1. The van der Waals surface area contributed by atoms with Crippen molar-refractivity contribution in [2.75, 3.05) is 42.7 Å². The Morgan fingerprint density at radius 2 is 1.03 bits per heavy atom. The number of ether oxygens (including phenoxy) is 6. The van der Waals surface area contributed by atoms with E-state index in [1.54, 1.807) is 42.7 Å². The first-order chi connectivity index (χ1) is 15.6. The molecular formula is C24H30Br2O7. The molecule has 0 amide bonds. The van der Waals surface area contributed by atoms with E-state index < -0.39 is 5.60 Å². The molecular weight excluding hydrogens is 560 g/mol. The van der Waals surface area contributed by atoms with Crippen molar-refractivity contribution in [2.45, 2.75) is 32.3 Å². The summed E-state index contributed by atoms with van der Waals surface area (Å²) in [5.74, 6) is 2.74. The summed E-state index contributed by atoms with van der Waals surface area (Å²) in [6.45, 7) is 3.87. The molecule has 0 radical (unpaired) electrons. The Balaban J connectivity index is 2.67. The van der Waals surface area contributed by atoms with Gasteiger partial charge in [0.2, 0.25) is 11.5 Å². The van der Waals surface area contributed by atoms with Crippen LogP contribution in [0, 0.1) is 5.92 Å². The number of hydrogen-bond acceptors (Lipinski definition) is 7. The minimum Gasteiger partial charge on any atom is -0.492 e. The fraction of sp³-hybridized carbons (Fsp3) is 0.500. The Bertz CT molecular complexity index is 1070. The topological polar surface area (TPSA) is 75.6 Å². The Labute approximate surface area is 211 Å². The number of benzene rings is 2. The molecule has 1 aliphatic carbocycles. The molecule has 0 bridgehead atoms. The molecule has 2 unspecified atom stereocenters. The van der Waals surface area contributed by atoms with Crippen molar-refractivity contribution in [3.63, 3.8) is 0 Å². The lowest BCUT2D eigenvalue weighted by Crippen LogP contribution is -2.38. The van der Waals surface area contributed by atoms with Crippen molar-refractivity contribution >= 4 is 31.9 Å². The predicted octanol–water partition coefficient (Wildman–Crippen LogP) is 5.42. The molecule has 0 fully saturated rings. The van der Waals surface area contributed by atoms with Gasteiger partial charge in [-0.05, 0) is 62.2 Å². The van der Waals surface area contributed by atoms with Gasteiger partial charge in [-0.3, -0.25) is 0 Å². The molecule has 9 heteroatoms. The molecule has 3 rings (SSSR count). The highest BCUT2D eigenvalue weighted by atomic mass is 79.9. The molecule has 0 saturated heterocycles. The highest BCUT2D eigenvalue weighted by Gasteiger charge is 2.40. The molecule has 0 heterocycles. The lowest BCUT2D eigenvalue weighted by Gasteiger charge is -2.37. The van der Waals surface area contributed by atoms with Crippen LogP contribution in [0.5, 0.6) is 34.5 Å². The van der Waals surface area contributed by atoms with Gasteiger partial charge >= 0.3 is 0 Å². The van der Waals surface area contributed by atoms with Gasteiger partial charge in [0.25, 0.3) is 0 Å². The molecule has 2 aromatic rings. The first kappa shape index (κ1) is 25.8. The number of hydrogen-bond donors (Lipinski definition) is 1. The van der Waals surface area contributed by atoms with E-state index in [-0.39, 0.29) is 5.92 Å². The standard InChI is InChI=1S/C24H30Br2O7/c1-11-9-12-14(18(28-3)22(32-7)20(30-5)16(12)25)15-13(10-24(11,2)27)17(26)21(31-6)23(33-8)19(15)29-4/h11,27H,9-10H2,1-8H3. The number of halogens is 2. The second-order valence-electron chi connectivity index (χ2n) is 8.17. The summed E-state index contributed by atoms with van der Waals surface area (Å²) in [4.78, 5) is 0. The molecule has 0 saturated carbocycles. The SMILES string of the molecule is COc1c(Br)c2c(c(OC)c1OC)-c1c(c(Br)c(OC)c(OC)c1OC)CC(C)(O)C(C)C2. The van der Waals surface area contributed by atoms with Crippen molar-refractivity contribution in [2.24, 2.45) is 5.92 Å². The molecule has 0 aromatic heterocycles. The maximum Gasteiger partial charge on any atom is 0.205 e. The third-order valence-electron chi connectivity index (χ3n) is 6.39. The molecule has 0 spiro atoms. The van der Waals surface area contributed by atoms with Gasteiger partial charge in [0.05, 0.1) is 57.2 Å². The van der Waals surface area contributed by atoms with E-state index in [1.165, 1.54) is 0 Å². The van der Waals surface area contributed by atoms with Crippen molar-refractivity contribution in [1.82, 2.24) is 0 Å². The number of methoxy groups -OCH3 is 6. The summed E-state index contributed by atoms with van der Waals surface area (Å²) in [6.07, 6.45) is 0.892. The van der Waals surface area contributed by atoms with Crippen LogP contribution in [0.4, 0.5) is 0 Å². The van der Waals surface area contributed by atoms with Crippen LogP contribution in [0.3, 0.4) is 0 Å². The summed E-state index contributed by atoms with van der Waals surface area (Å²) >= 11 is 7.45. The molecule has 1 aliphatic rings. The summed E-state index contributed by atoms with van der Waals surface area (Å²) in [5, 5.41) is 11.5. The second-order valence-corrected chi connectivity index (χ2v) is 9.76. The average molecular weight is 590 g/mol. The summed E-state index contributed by atoms with van der Waals surface area (Å²) in [6, 6.07) is 0. The van der Waals surface area contributed by atoms with Gasteiger partial charge in [0.15, 0.2) is 23.0 Å². The molecule has 0 aliphatic heterocycles. The third-order valence-corrected chi connectivity index (χ3v) is 8.07. The van der Waals surface area contributed by atoms with Crippen molar-refractivity contribution < 1.29 is 33.5 Å². The van der Waals surface area contributed by atoms with E-state index in [1.807, 2.05) is 13.8 Å². The largest absolute Gasteiger partial charge is 0.492 e. The van der Waals surface area contributed by atoms with Gasteiger partial charge < -0.3 is 33.5 Å². The molecule has 33 heavy (non-hydrogen) atoms.